The Morgan fingerprint density at radius 1 is 1.69 bits per heavy atom. The van der Waals surface area contributed by atoms with Gasteiger partial charge >= 0.3 is 0 Å². The van der Waals surface area contributed by atoms with Gasteiger partial charge in [-0.25, -0.2) is 4.98 Å². The molecule has 0 spiro atoms. The average Bonchev–Trinajstić information content (AvgIpc) is 2.51. The Kier molecular flexibility index (Phi) is 3.01. The van der Waals surface area contributed by atoms with E-state index < -0.39 is 0 Å². The number of ketones is 1. The van der Waals surface area contributed by atoms with Crippen LogP contribution in [0.3, 0.4) is 0 Å². The Bertz CT molecular complexity index is 325. The van der Waals surface area contributed by atoms with Gasteiger partial charge in [-0.3, -0.25) is 4.79 Å². The topological polar surface area (TPSA) is 34.9 Å². The third kappa shape index (κ3) is 2.28. The summed E-state index contributed by atoms with van der Waals surface area (Å²) in [6.07, 6.45) is 4.64. The van der Waals surface area contributed by atoms with Crippen LogP contribution in [0.15, 0.2) is 24.5 Å². The van der Waals surface area contributed by atoms with Crippen LogP contribution >= 0.6 is 0 Å². The number of nitrogens with zero attached hydrogens (tertiary/aromatic N) is 2. The normalized spacial score (nSPS) is 10.0. The molecule has 0 fully saturated rings. The van der Waals surface area contributed by atoms with Crippen molar-refractivity contribution in [1.82, 2.24) is 9.55 Å². The van der Waals surface area contributed by atoms with Gasteiger partial charge in [0.1, 0.15) is 0 Å². The first-order chi connectivity index (χ1) is 6.15. The number of rotatable bonds is 4. The van der Waals surface area contributed by atoms with Crippen LogP contribution in [-0.2, 0) is 7.05 Å². The quantitative estimate of drug-likeness (QED) is 0.521. The molecule has 0 radical (unpaired) electrons. The summed E-state index contributed by atoms with van der Waals surface area (Å²) in [6, 6.07) is 0. The number of aromatic nitrogens is 2. The SMILES string of the molecule is C=C(CC)CC(=O)c1nccn1C. The maximum Gasteiger partial charge on any atom is 0.202 e. The van der Waals surface area contributed by atoms with E-state index in [1.165, 1.54) is 0 Å². The standard InChI is InChI=1S/C10H14N2O/c1-4-8(2)7-9(13)10-11-5-6-12(10)3/h5-6H,2,4,7H2,1,3H3. The van der Waals surface area contributed by atoms with E-state index in [4.69, 9.17) is 0 Å². The van der Waals surface area contributed by atoms with Crippen molar-refractivity contribution in [2.24, 2.45) is 7.05 Å². The summed E-state index contributed by atoms with van der Waals surface area (Å²) in [5.41, 5.74) is 0.952. The molecule has 1 heterocycles. The molecule has 70 valence electrons. The van der Waals surface area contributed by atoms with Gasteiger partial charge in [0, 0.05) is 25.9 Å². The van der Waals surface area contributed by atoms with Gasteiger partial charge in [-0.15, -0.1) is 0 Å². The molecule has 0 N–H and O–H groups in total. The lowest BCUT2D eigenvalue weighted by molar-refractivity contribution is 0.0979. The summed E-state index contributed by atoms with van der Waals surface area (Å²) in [7, 11) is 1.81. The van der Waals surface area contributed by atoms with Crippen molar-refractivity contribution >= 4 is 5.78 Å². The molecule has 0 aliphatic heterocycles. The zero-order valence-electron chi connectivity index (χ0n) is 8.08. The zero-order chi connectivity index (χ0) is 9.84. The monoisotopic (exact) mass is 178 g/mol. The lowest BCUT2D eigenvalue weighted by Crippen LogP contribution is -2.07. The molecule has 13 heavy (non-hydrogen) atoms. The highest BCUT2D eigenvalue weighted by Crippen LogP contribution is 2.08. The number of carbonyl (C=O) groups is 1. The number of aryl methyl sites for hydroxylation is 1. The molecule has 0 aliphatic rings. The third-order valence-corrected chi connectivity index (χ3v) is 1.98. The van der Waals surface area contributed by atoms with Crippen molar-refractivity contribution in [2.75, 3.05) is 0 Å². The van der Waals surface area contributed by atoms with Gasteiger partial charge in [0.2, 0.25) is 5.78 Å². The number of hydrogen-bond acceptors (Lipinski definition) is 2. The minimum atomic E-state index is 0.0411. The van der Waals surface area contributed by atoms with Crippen molar-refractivity contribution in [3.8, 4) is 0 Å². The van der Waals surface area contributed by atoms with Crippen LogP contribution in [0, 0.1) is 0 Å². The highest BCUT2D eigenvalue weighted by molar-refractivity contribution is 5.94. The fourth-order valence-electron chi connectivity index (χ4n) is 1.07. The average molecular weight is 178 g/mol. The van der Waals surface area contributed by atoms with E-state index in [1.54, 1.807) is 17.0 Å². The van der Waals surface area contributed by atoms with Gasteiger partial charge in [0.15, 0.2) is 5.82 Å². The van der Waals surface area contributed by atoms with E-state index in [0.717, 1.165) is 12.0 Å². The summed E-state index contributed by atoms with van der Waals surface area (Å²) in [6.45, 7) is 5.79. The number of carbonyl (C=O) groups excluding carboxylic acids is 1. The molecule has 0 bridgehead atoms. The maximum atomic E-state index is 11.6. The van der Waals surface area contributed by atoms with Crippen LogP contribution < -0.4 is 0 Å². The molecule has 0 aliphatic carbocycles. The van der Waals surface area contributed by atoms with Gasteiger partial charge in [-0.05, 0) is 6.42 Å². The minimum absolute atomic E-state index is 0.0411. The lowest BCUT2D eigenvalue weighted by atomic mass is 10.1. The van der Waals surface area contributed by atoms with E-state index in [0.29, 0.717) is 12.2 Å². The summed E-state index contributed by atoms with van der Waals surface area (Å²) >= 11 is 0. The maximum absolute atomic E-state index is 11.6. The highest BCUT2D eigenvalue weighted by Gasteiger charge is 2.10. The third-order valence-electron chi connectivity index (χ3n) is 1.98. The largest absolute Gasteiger partial charge is 0.332 e. The van der Waals surface area contributed by atoms with E-state index >= 15 is 0 Å². The van der Waals surface area contributed by atoms with Crippen LogP contribution in [0.2, 0.25) is 0 Å². The summed E-state index contributed by atoms with van der Waals surface area (Å²) in [5, 5.41) is 0. The Labute approximate surface area is 78.1 Å². The lowest BCUT2D eigenvalue weighted by Gasteiger charge is -2.01. The second-order valence-corrected chi connectivity index (χ2v) is 3.07. The molecule has 0 aromatic carbocycles. The molecular formula is C10H14N2O. The molecule has 3 nitrogen and oxygen atoms in total. The molecule has 0 saturated heterocycles. The second-order valence-electron chi connectivity index (χ2n) is 3.07. The number of allylic oxidation sites excluding steroid dienone is 1. The molecule has 3 heteroatoms. The zero-order valence-corrected chi connectivity index (χ0v) is 8.08. The first-order valence-electron chi connectivity index (χ1n) is 4.32. The van der Waals surface area contributed by atoms with Crippen LogP contribution in [0.25, 0.3) is 0 Å². The first kappa shape index (κ1) is 9.71. The van der Waals surface area contributed by atoms with Crippen LogP contribution in [0.5, 0.6) is 0 Å². The van der Waals surface area contributed by atoms with Gasteiger partial charge in [-0.1, -0.05) is 19.1 Å². The summed E-state index contributed by atoms with van der Waals surface area (Å²) < 4.78 is 1.73. The number of hydrogen-bond donors (Lipinski definition) is 0. The second kappa shape index (κ2) is 4.03. The summed E-state index contributed by atoms with van der Waals surface area (Å²) in [4.78, 5) is 15.5. The smallest absolute Gasteiger partial charge is 0.202 e. The summed E-state index contributed by atoms with van der Waals surface area (Å²) in [5.74, 6) is 0.550. The van der Waals surface area contributed by atoms with Gasteiger partial charge in [-0.2, -0.15) is 0 Å². The van der Waals surface area contributed by atoms with Crippen LogP contribution in [0.1, 0.15) is 30.4 Å². The molecule has 1 aromatic rings. The Balaban J connectivity index is 2.69. The Hall–Kier alpha value is -1.38. The van der Waals surface area contributed by atoms with Gasteiger partial charge < -0.3 is 4.57 Å². The van der Waals surface area contributed by atoms with E-state index in [1.807, 2.05) is 14.0 Å². The van der Waals surface area contributed by atoms with Crippen LogP contribution in [0.4, 0.5) is 0 Å². The fraction of sp³-hybridized carbons (Fsp3) is 0.400. The highest BCUT2D eigenvalue weighted by atomic mass is 16.1. The van der Waals surface area contributed by atoms with E-state index in [2.05, 4.69) is 11.6 Å². The molecule has 0 amide bonds. The predicted octanol–water partition coefficient (Wildman–Crippen LogP) is 1.96. The Morgan fingerprint density at radius 2 is 2.38 bits per heavy atom. The molecule has 0 unspecified atom stereocenters. The van der Waals surface area contributed by atoms with Crippen molar-refractivity contribution in [2.45, 2.75) is 19.8 Å². The van der Waals surface area contributed by atoms with Gasteiger partial charge in [0.25, 0.3) is 0 Å². The number of imidazole rings is 1. The number of Topliss-reactive ketones (excluding diaryl/α,β-unsaturated/α-hetero) is 1. The molecule has 1 aromatic heterocycles. The van der Waals surface area contributed by atoms with Crippen molar-refractivity contribution in [1.29, 1.82) is 0 Å². The predicted molar refractivity (Wildman–Crippen MR) is 51.6 cm³/mol. The van der Waals surface area contributed by atoms with E-state index in [-0.39, 0.29) is 5.78 Å². The fourth-order valence-corrected chi connectivity index (χ4v) is 1.07. The Morgan fingerprint density at radius 3 is 2.85 bits per heavy atom. The van der Waals surface area contributed by atoms with Crippen LogP contribution in [-0.4, -0.2) is 15.3 Å². The van der Waals surface area contributed by atoms with Crippen molar-refractivity contribution in [3.63, 3.8) is 0 Å². The minimum Gasteiger partial charge on any atom is -0.332 e. The first-order valence-corrected chi connectivity index (χ1v) is 4.32. The van der Waals surface area contributed by atoms with Crippen molar-refractivity contribution < 1.29 is 4.79 Å². The van der Waals surface area contributed by atoms with Gasteiger partial charge in [0.05, 0.1) is 0 Å². The molecule has 0 saturated carbocycles. The molecule has 0 atom stereocenters. The van der Waals surface area contributed by atoms with E-state index in [9.17, 15) is 4.79 Å². The van der Waals surface area contributed by atoms with Crippen molar-refractivity contribution in [3.05, 3.63) is 30.4 Å². The molecular weight excluding hydrogens is 164 g/mol. The molecule has 1 rings (SSSR count).